The third-order valence-electron chi connectivity index (χ3n) is 6.63. The van der Waals surface area contributed by atoms with Crippen LogP contribution in [0.5, 0.6) is 0 Å². The van der Waals surface area contributed by atoms with Gasteiger partial charge in [0.05, 0.1) is 22.2 Å². The molecule has 3 aromatic rings. The second-order valence-electron chi connectivity index (χ2n) is 9.61. The zero-order valence-electron chi connectivity index (χ0n) is 20.7. The molecule has 2 aromatic carbocycles. The number of aromatic nitrogens is 2. The summed E-state index contributed by atoms with van der Waals surface area (Å²) >= 11 is 0. The number of amides is 1. The summed E-state index contributed by atoms with van der Waals surface area (Å²) in [7, 11) is 3.81. The predicted molar refractivity (Wildman–Crippen MR) is 132 cm³/mol. The van der Waals surface area contributed by atoms with Crippen LogP contribution in [0.15, 0.2) is 42.5 Å². The first kappa shape index (κ1) is 27.5. The van der Waals surface area contributed by atoms with Crippen molar-refractivity contribution < 1.29 is 31.1 Å². The number of carbonyl (C=O) groups is 1. The number of fused-ring (bicyclic) bond motifs is 1. The minimum atomic E-state index is -5.10. The van der Waals surface area contributed by atoms with Crippen LogP contribution in [0.25, 0.3) is 10.9 Å². The summed E-state index contributed by atoms with van der Waals surface area (Å²) in [5, 5.41) is 6.78. The van der Waals surface area contributed by atoms with E-state index in [2.05, 4.69) is 20.6 Å². The molecule has 2 N–H and O–H groups in total. The number of halogens is 6. The molecule has 1 heterocycles. The normalized spacial score (nSPS) is 18.3. The van der Waals surface area contributed by atoms with Gasteiger partial charge in [-0.1, -0.05) is 12.1 Å². The smallest absolute Gasteiger partial charge is 0.362 e. The van der Waals surface area contributed by atoms with Crippen molar-refractivity contribution in [1.82, 2.24) is 15.3 Å². The van der Waals surface area contributed by atoms with Crippen LogP contribution in [-0.2, 0) is 12.4 Å². The summed E-state index contributed by atoms with van der Waals surface area (Å²) in [6.45, 7) is 0.126. The number of alkyl halides is 6. The molecule has 6 nitrogen and oxygen atoms in total. The van der Waals surface area contributed by atoms with E-state index in [4.69, 9.17) is 0 Å². The van der Waals surface area contributed by atoms with Crippen LogP contribution in [0.4, 0.5) is 38.1 Å². The van der Waals surface area contributed by atoms with E-state index in [1.54, 1.807) is 0 Å². The van der Waals surface area contributed by atoms with Crippen LogP contribution < -0.4 is 15.5 Å². The molecule has 0 atom stereocenters. The SMILES string of the molecule is CN(C)c1nc(NC2CCC(CNC(=O)c3ccc(C(F)(F)F)cc3C(F)(F)F)CC2)nc2ccccc12. The summed E-state index contributed by atoms with van der Waals surface area (Å²) in [6, 6.07) is 8.82. The van der Waals surface area contributed by atoms with Gasteiger partial charge in [-0.05, 0) is 61.9 Å². The largest absolute Gasteiger partial charge is 0.417 e. The molecular weight excluding hydrogens is 512 g/mol. The van der Waals surface area contributed by atoms with Gasteiger partial charge in [0.15, 0.2) is 0 Å². The second-order valence-corrected chi connectivity index (χ2v) is 9.61. The van der Waals surface area contributed by atoms with Gasteiger partial charge < -0.3 is 15.5 Å². The molecule has 0 spiro atoms. The Morgan fingerprint density at radius 1 is 0.947 bits per heavy atom. The molecule has 1 fully saturated rings. The number of nitrogens with zero attached hydrogens (tertiary/aromatic N) is 3. The van der Waals surface area contributed by atoms with E-state index in [0.717, 1.165) is 29.6 Å². The second kappa shape index (κ2) is 10.7. The fraction of sp³-hybridized carbons (Fsp3) is 0.423. The third-order valence-corrected chi connectivity index (χ3v) is 6.63. The topological polar surface area (TPSA) is 70.2 Å². The van der Waals surface area contributed by atoms with Crippen molar-refractivity contribution in [2.75, 3.05) is 30.9 Å². The standard InChI is InChI=1S/C26H27F6N5O/c1-37(2)22-19-5-3-4-6-21(19)35-24(36-22)34-17-10-7-15(8-11-17)14-33-23(38)18-12-9-16(25(27,28)29)13-20(18)26(30,31)32/h3-6,9,12-13,15,17H,7-8,10-11,14H2,1-2H3,(H,33,38)(H,34,35,36). The molecule has 0 unspecified atom stereocenters. The Labute approximate surface area is 215 Å². The summed E-state index contributed by atoms with van der Waals surface area (Å²) in [6.07, 6.45) is -7.18. The molecule has 0 bridgehead atoms. The molecule has 1 aliphatic rings. The van der Waals surface area contributed by atoms with Crippen molar-refractivity contribution in [3.05, 3.63) is 59.2 Å². The van der Waals surface area contributed by atoms with Crippen LogP contribution in [-0.4, -0.2) is 42.6 Å². The number of para-hydroxylation sites is 1. The van der Waals surface area contributed by atoms with Gasteiger partial charge in [0, 0.05) is 32.1 Å². The van der Waals surface area contributed by atoms with E-state index in [-0.39, 0.29) is 24.6 Å². The molecule has 38 heavy (non-hydrogen) atoms. The minimum absolute atomic E-state index is 0.0237. The lowest BCUT2D eigenvalue weighted by Crippen LogP contribution is -2.35. The van der Waals surface area contributed by atoms with Crippen molar-refractivity contribution in [3.63, 3.8) is 0 Å². The van der Waals surface area contributed by atoms with Crippen molar-refractivity contribution in [3.8, 4) is 0 Å². The summed E-state index contributed by atoms with van der Waals surface area (Å²) in [5.41, 5.74) is -3.08. The van der Waals surface area contributed by atoms with E-state index < -0.39 is 35.0 Å². The van der Waals surface area contributed by atoms with E-state index in [0.29, 0.717) is 30.9 Å². The van der Waals surface area contributed by atoms with Crippen molar-refractivity contribution >= 4 is 28.6 Å². The number of anilines is 2. The van der Waals surface area contributed by atoms with Gasteiger partial charge in [0.2, 0.25) is 5.95 Å². The molecule has 0 aliphatic heterocycles. The van der Waals surface area contributed by atoms with Gasteiger partial charge in [-0.3, -0.25) is 4.79 Å². The number of carbonyl (C=O) groups excluding carboxylic acids is 1. The number of rotatable bonds is 6. The molecule has 204 valence electrons. The van der Waals surface area contributed by atoms with Crippen LogP contribution in [0.3, 0.4) is 0 Å². The fourth-order valence-corrected chi connectivity index (χ4v) is 4.64. The lowest BCUT2D eigenvalue weighted by atomic mass is 9.86. The van der Waals surface area contributed by atoms with Gasteiger partial charge in [0.25, 0.3) is 5.91 Å². The van der Waals surface area contributed by atoms with E-state index in [9.17, 15) is 31.1 Å². The maximum atomic E-state index is 13.4. The molecule has 1 aliphatic carbocycles. The Morgan fingerprint density at radius 3 is 2.26 bits per heavy atom. The summed E-state index contributed by atoms with van der Waals surface area (Å²) in [5.74, 6) is 0.268. The predicted octanol–water partition coefficient (Wildman–Crippen LogP) is 6.13. The van der Waals surface area contributed by atoms with E-state index >= 15 is 0 Å². The Bertz CT molecular complexity index is 1300. The Balaban J connectivity index is 1.36. The lowest BCUT2D eigenvalue weighted by molar-refractivity contribution is -0.143. The van der Waals surface area contributed by atoms with E-state index in [1.165, 1.54) is 0 Å². The number of nitrogens with one attached hydrogen (secondary N) is 2. The lowest BCUT2D eigenvalue weighted by Gasteiger charge is -2.29. The molecule has 0 radical (unpaired) electrons. The van der Waals surface area contributed by atoms with Crippen molar-refractivity contribution in [2.24, 2.45) is 5.92 Å². The average molecular weight is 540 g/mol. The first-order chi connectivity index (χ1) is 17.8. The maximum Gasteiger partial charge on any atom is 0.417 e. The Kier molecular flexibility index (Phi) is 7.70. The Hall–Kier alpha value is -3.57. The van der Waals surface area contributed by atoms with Crippen molar-refractivity contribution in [1.29, 1.82) is 0 Å². The minimum Gasteiger partial charge on any atom is -0.362 e. The zero-order chi connectivity index (χ0) is 27.7. The maximum absolute atomic E-state index is 13.4. The average Bonchev–Trinajstić information content (AvgIpc) is 2.86. The number of hydrogen-bond donors (Lipinski definition) is 2. The van der Waals surface area contributed by atoms with Crippen LogP contribution in [0.2, 0.25) is 0 Å². The monoisotopic (exact) mass is 539 g/mol. The highest BCUT2D eigenvalue weighted by atomic mass is 19.4. The van der Waals surface area contributed by atoms with Crippen LogP contribution >= 0.6 is 0 Å². The molecule has 1 aromatic heterocycles. The first-order valence-electron chi connectivity index (χ1n) is 12.1. The highest BCUT2D eigenvalue weighted by molar-refractivity contribution is 5.96. The fourth-order valence-electron chi connectivity index (χ4n) is 4.64. The Morgan fingerprint density at radius 2 is 1.63 bits per heavy atom. The molecular formula is C26H27F6N5O. The molecule has 12 heteroatoms. The van der Waals surface area contributed by atoms with Crippen LogP contribution in [0, 0.1) is 5.92 Å². The first-order valence-corrected chi connectivity index (χ1v) is 12.1. The molecule has 4 rings (SSSR count). The quantitative estimate of drug-likeness (QED) is 0.369. The van der Waals surface area contributed by atoms with Gasteiger partial charge in [0.1, 0.15) is 5.82 Å². The molecule has 1 saturated carbocycles. The van der Waals surface area contributed by atoms with Gasteiger partial charge in [-0.25, -0.2) is 4.98 Å². The third kappa shape index (κ3) is 6.28. The van der Waals surface area contributed by atoms with Gasteiger partial charge in [-0.2, -0.15) is 31.3 Å². The van der Waals surface area contributed by atoms with Crippen LogP contribution in [0.1, 0.15) is 47.2 Å². The van der Waals surface area contributed by atoms with Gasteiger partial charge >= 0.3 is 12.4 Å². The zero-order valence-corrected chi connectivity index (χ0v) is 20.7. The summed E-state index contributed by atoms with van der Waals surface area (Å²) < 4.78 is 78.8. The molecule has 1 amide bonds. The van der Waals surface area contributed by atoms with Gasteiger partial charge in [-0.15, -0.1) is 0 Å². The highest BCUT2D eigenvalue weighted by Crippen LogP contribution is 2.37. The molecule has 0 saturated heterocycles. The van der Waals surface area contributed by atoms with Crippen molar-refractivity contribution in [2.45, 2.75) is 44.1 Å². The summed E-state index contributed by atoms with van der Waals surface area (Å²) in [4.78, 5) is 23.6. The number of hydrogen-bond acceptors (Lipinski definition) is 5. The van der Waals surface area contributed by atoms with E-state index in [1.807, 2.05) is 43.3 Å². The number of benzene rings is 2. The highest BCUT2D eigenvalue weighted by Gasteiger charge is 2.39.